The predicted molar refractivity (Wildman–Crippen MR) is 30.5 cm³/mol. The summed E-state index contributed by atoms with van der Waals surface area (Å²) in [5, 5.41) is 0. The molecule has 0 aliphatic heterocycles. The number of rotatable bonds is 1. The fourth-order valence-corrected chi connectivity index (χ4v) is 0.489. The molecule has 0 atom stereocenters. The first-order valence-corrected chi connectivity index (χ1v) is 2.59. The Morgan fingerprint density at radius 1 is 1.70 bits per heavy atom. The van der Waals surface area contributed by atoms with Crippen molar-refractivity contribution in [3.05, 3.63) is 12.0 Å². The maximum atomic E-state index is 12.3. The van der Waals surface area contributed by atoms with E-state index in [1.165, 1.54) is 0 Å². The summed E-state index contributed by atoms with van der Waals surface area (Å²) in [6, 6.07) is -0.239. The van der Waals surface area contributed by atoms with Crippen LogP contribution >= 0.6 is 0 Å². The van der Waals surface area contributed by atoms with Crippen LogP contribution in [-0.4, -0.2) is 4.98 Å². The summed E-state index contributed by atoms with van der Waals surface area (Å²) in [6.45, 7) is 0.726. The van der Waals surface area contributed by atoms with Gasteiger partial charge in [-0.1, -0.05) is 0 Å². The Kier molecular flexibility index (Phi) is 1.35. The normalized spacial score (nSPS) is 11.9. The lowest BCUT2D eigenvalue weighted by molar-refractivity contribution is 0.0127. The van der Waals surface area contributed by atoms with Crippen molar-refractivity contribution >= 4 is 6.01 Å². The summed E-state index contributed by atoms with van der Waals surface area (Å²) in [7, 11) is 0. The molecule has 3 nitrogen and oxygen atoms in total. The number of alkyl halides is 2. The van der Waals surface area contributed by atoms with Gasteiger partial charge >= 0.3 is 0 Å². The van der Waals surface area contributed by atoms with Gasteiger partial charge in [-0.3, -0.25) is 0 Å². The van der Waals surface area contributed by atoms with Crippen LogP contribution in [-0.2, 0) is 5.92 Å². The van der Waals surface area contributed by atoms with E-state index in [1.54, 1.807) is 0 Å². The van der Waals surface area contributed by atoms with Crippen LogP contribution in [0.3, 0.4) is 0 Å². The summed E-state index contributed by atoms with van der Waals surface area (Å²) in [5.41, 5.74) is 4.52. The van der Waals surface area contributed by atoms with Crippen LogP contribution in [0, 0.1) is 0 Å². The molecule has 2 N–H and O–H groups in total. The Bertz CT molecular complexity index is 228. The standard InChI is InChI=1S/C5H6F2N2O/c1-5(6,7)3-2-10-4(8)9-3/h2H,1H3,(H2,8,9). The molecule has 0 aromatic carbocycles. The molecule has 1 aromatic heterocycles. The van der Waals surface area contributed by atoms with E-state index in [2.05, 4.69) is 9.40 Å². The minimum absolute atomic E-state index is 0.239. The Labute approximate surface area is 55.8 Å². The second-order valence-electron chi connectivity index (χ2n) is 1.96. The predicted octanol–water partition coefficient (Wildman–Crippen LogP) is 1.37. The number of anilines is 1. The van der Waals surface area contributed by atoms with Crippen LogP contribution < -0.4 is 5.73 Å². The lowest BCUT2D eigenvalue weighted by Gasteiger charge is -2.02. The van der Waals surface area contributed by atoms with Crippen molar-refractivity contribution in [2.45, 2.75) is 12.8 Å². The Balaban J connectivity index is 2.96. The van der Waals surface area contributed by atoms with Gasteiger partial charge in [-0.25, -0.2) is 0 Å². The molecule has 0 amide bonds. The number of oxazole rings is 1. The van der Waals surface area contributed by atoms with Crippen LogP contribution in [0.1, 0.15) is 12.6 Å². The van der Waals surface area contributed by atoms with Crippen LogP contribution in [0.5, 0.6) is 0 Å². The number of aromatic nitrogens is 1. The molecule has 0 aliphatic rings. The molecule has 0 aliphatic carbocycles. The van der Waals surface area contributed by atoms with E-state index < -0.39 is 11.6 Å². The van der Waals surface area contributed by atoms with Gasteiger partial charge in [-0.15, -0.1) is 0 Å². The van der Waals surface area contributed by atoms with Crippen LogP contribution in [0.2, 0.25) is 0 Å². The Morgan fingerprint density at radius 3 is 2.50 bits per heavy atom. The molecule has 0 saturated carbocycles. The Morgan fingerprint density at radius 2 is 2.30 bits per heavy atom. The van der Waals surface area contributed by atoms with Gasteiger partial charge in [0, 0.05) is 6.92 Å². The summed E-state index contributed by atoms with van der Waals surface area (Å²) in [6.07, 6.45) is 0.843. The number of nitrogens with zero attached hydrogens (tertiary/aromatic N) is 1. The van der Waals surface area contributed by atoms with Gasteiger partial charge in [0.1, 0.15) is 12.0 Å². The maximum Gasteiger partial charge on any atom is 0.292 e. The summed E-state index contributed by atoms with van der Waals surface area (Å²) in [4.78, 5) is 3.24. The molecule has 0 fully saturated rings. The van der Waals surface area contributed by atoms with E-state index in [4.69, 9.17) is 5.73 Å². The molecule has 56 valence electrons. The fourth-order valence-electron chi connectivity index (χ4n) is 0.489. The van der Waals surface area contributed by atoms with Gasteiger partial charge in [0.15, 0.2) is 0 Å². The van der Waals surface area contributed by atoms with Crippen molar-refractivity contribution in [3.63, 3.8) is 0 Å². The zero-order valence-corrected chi connectivity index (χ0v) is 5.27. The quantitative estimate of drug-likeness (QED) is 0.654. The third kappa shape index (κ3) is 1.23. The second kappa shape index (κ2) is 1.93. The first-order valence-electron chi connectivity index (χ1n) is 2.59. The van der Waals surface area contributed by atoms with Gasteiger partial charge < -0.3 is 10.2 Å². The minimum atomic E-state index is -2.97. The number of nitrogens with two attached hydrogens (primary N) is 1. The summed E-state index contributed by atoms with van der Waals surface area (Å²) < 4.78 is 29.0. The average Bonchev–Trinajstić information content (AvgIpc) is 2.11. The van der Waals surface area contributed by atoms with Crippen LogP contribution in [0.15, 0.2) is 10.7 Å². The first kappa shape index (κ1) is 6.98. The third-order valence-corrected chi connectivity index (χ3v) is 0.972. The van der Waals surface area contributed by atoms with Crippen molar-refractivity contribution in [2.75, 3.05) is 5.73 Å². The number of halogens is 2. The van der Waals surface area contributed by atoms with Crippen molar-refractivity contribution in [3.8, 4) is 0 Å². The van der Waals surface area contributed by atoms with E-state index in [9.17, 15) is 8.78 Å². The largest absolute Gasteiger partial charge is 0.432 e. The molecule has 10 heavy (non-hydrogen) atoms. The van der Waals surface area contributed by atoms with Gasteiger partial charge in [-0.2, -0.15) is 13.8 Å². The first-order chi connectivity index (χ1) is 4.50. The third-order valence-electron chi connectivity index (χ3n) is 0.972. The highest BCUT2D eigenvalue weighted by atomic mass is 19.3. The molecule has 1 heterocycles. The minimum Gasteiger partial charge on any atom is -0.432 e. The molecular formula is C5H6F2N2O. The topological polar surface area (TPSA) is 52.0 Å². The van der Waals surface area contributed by atoms with E-state index in [0.717, 1.165) is 13.2 Å². The molecule has 5 heteroatoms. The molecule has 0 radical (unpaired) electrons. The van der Waals surface area contributed by atoms with Gasteiger partial charge in [0.05, 0.1) is 0 Å². The zero-order valence-electron chi connectivity index (χ0n) is 5.27. The second-order valence-corrected chi connectivity index (χ2v) is 1.96. The average molecular weight is 148 g/mol. The molecule has 0 bridgehead atoms. The molecular weight excluding hydrogens is 142 g/mol. The molecule has 0 saturated heterocycles. The van der Waals surface area contributed by atoms with Crippen molar-refractivity contribution in [1.82, 2.24) is 4.98 Å². The number of hydrogen-bond acceptors (Lipinski definition) is 3. The fraction of sp³-hybridized carbons (Fsp3) is 0.400. The number of hydrogen-bond donors (Lipinski definition) is 1. The van der Waals surface area contributed by atoms with Gasteiger partial charge in [-0.05, 0) is 0 Å². The lowest BCUT2D eigenvalue weighted by atomic mass is 10.3. The zero-order chi connectivity index (χ0) is 7.78. The van der Waals surface area contributed by atoms with Crippen molar-refractivity contribution < 1.29 is 13.2 Å². The monoisotopic (exact) mass is 148 g/mol. The maximum absolute atomic E-state index is 12.3. The highest BCUT2D eigenvalue weighted by Crippen LogP contribution is 2.25. The highest BCUT2D eigenvalue weighted by Gasteiger charge is 2.28. The van der Waals surface area contributed by atoms with E-state index in [1.807, 2.05) is 0 Å². The smallest absolute Gasteiger partial charge is 0.292 e. The highest BCUT2D eigenvalue weighted by molar-refractivity contribution is 5.15. The number of nitrogen functional groups attached to an aromatic ring is 1. The van der Waals surface area contributed by atoms with E-state index in [0.29, 0.717) is 0 Å². The molecule has 0 spiro atoms. The summed E-state index contributed by atoms with van der Waals surface area (Å²) >= 11 is 0. The van der Waals surface area contributed by atoms with Crippen LogP contribution in [0.25, 0.3) is 0 Å². The van der Waals surface area contributed by atoms with Crippen molar-refractivity contribution in [1.29, 1.82) is 0 Å². The van der Waals surface area contributed by atoms with Crippen molar-refractivity contribution in [2.24, 2.45) is 0 Å². The van der Waals surface area contributed by atoms with Gasteiger partial charge in [0.2, 0.25) is 0 Å². The molecule has 0 unspecified atom stereocenters. The Hall–Kier alpha value is -1.13. The van der Waals surface area contributed by atoms with Gasteiger partial charge in [0.25, 0.3) is 11.9 Å². The molecule has 1 rings (SSSR count). The van der Waals surface area contributed by atoms with E-state index >= 15 is 0 Å². The molecule has 1 aromatic rings. The van der Waals surface area contributed by atoms with E-state index in [-0.39, 0.29) is 6.01 Å². The van der Waals surface area contributed by atoms with Crippen LogP contribution in [0.4, 0.5) is 14.8 Å². The summed E-state index contributed by atoms with van der Waals surface area (Å²) in [5.74, 6) is -2.97. The lowest BCUT2D eigenvalue weighted by Crippen LogP contribution is -2.07. The SMILES string of the molecule is CC(F)(F)c1coc(N)n1.